The van der Waals surface area contributed by atoms with Gasteiger partial charge in [-0.3, -0.25) is 4.79 Å². The average molecular weight is 281 g/mol. The molecular weight excluding hydrogens is 262 g/mol. The van der Waals surface area contributed by atoms with Crippen molar-refractivity contribution in [3.8, 4) is 5.75 Å². The van der Waals surface area contributed by atoms with E-state index in [0.717, 1.165) is 24.3 Å². The fourth-order valence-electron chi connectivity index (χ4n) is 3.06. The predicted molar refractivity (Wildman–Crippen MR) is 82.5 cm³/mol. The Morgan fingerprint density at radius 2 is 1.71 bits per heavy atom. The number of piperidine rings is 1. The molecule has 0 aliphatic carbocycles. The maximum absolute atomic E-state index is 12.4. The largest absolute Gasteiger partial charge is 0.497 e. The molecule has 1 fully saturated rings. The molecule has 1 aliphatic heterocycles. The van der Waals surface area contributed by atoms with Crippen LogP contribution in [-0.4, -0.2) is 19.6 Å². The normalized spacial score (nSPS) is 21.7. The fourth-order valence-corrected chi connectivity index (χ4v) is 3.06. The highest BCUT2D eigenvalue weighted by molar-refractivity contribution is 5.85. The van der Waals surface area contributed by atoms with Gasteiger partial charge in [-0.15, -0.1) is 0 Å². The fraction of sp³-hybridized carbons (Fsp3) is 0.278. The standard InChI is InChI=1S/C18H19NO2/c1-21-15-9-7-13(8-10-15)16-11-12-19-18(20)17(16)14-5-3-2-4-6-14/h2-10,16-17H,11-12H2,1H3,(H,19,20)/t16-,17-/m1/s1. The molecule has 1 saturated heterocycles. The summed E-state index contributed by atoms with van der Waals surface area (Å²) in [6.45, 7) is 0.735. The van der Waals surface area contributed by atoms with E-state index >= 15 is 0 Å². The summed E-state index contributed by atoms with van der Waals surface area (Å²) in [7, 11) is 1.66. The van der Waals surface area contributed by atoms with Crippen molar-refractivity contribution in [2.75, 3.05) is 13.7 Å². The van der Waals surface area contributed by atoms with Gasteiger partial charge in [-0.25, -0.2) is 0 Å². The molecule has 1 N–H and O–H groups in total. The molecule has 0 unspecified atom stereocenters. The van der Waals surface area contributed by atoms with Crippen LogP contribution in [0, 0.1) is 0 Å². The number of carbonyl (C=O) groups excluding carboxylic acids is 1. The number of rotatable bonds is 3. The van der Waals surface area contributed by atoms with Crippen molar-refractivity contribution < 1.29 is 9.53 Å². The first-order chi connectivity index (χ1) is 10.3. The van der Waals surface area contributed by atoms with Gasteiger partial charge in [0.05, 0.1) is 13.0 Å². The van der Waals surface area contributed by atoms with Crippen molar-refractivity contribution in [3.63, 3.8) is 0 Å². The molecule has 0 aromatic heterocycles. The number of ether oxygens (including phenoxy) is 1. The molecule has 2 aromatic carbocycles. The van der Waals surface area contributed by atoms with Crippen LogP contribution in [0.4, 0.5) is 0 Å². The summed E-state index contributed by atoms with van der Waals surface area (Å²) in [6, 6.07) is 18.1. The summed E-state index contributed by atoms with van der Waals surface area (Å²) in [5.41, 5.74) is 2.27. The Labute approximate surface area is 124 Å². The lowest BCUT2D eigenvalue weighted by molar-refractivity contribution is -0.124. The first-order valence-electron chi connectivity index (χ1n) is 7.26. The van der Waals surface area contributed by atoms with Gasteiger partial charge >= 0.3 is 0 Å². The van der Waals surface area contributed by atoms with Crippen LogP contribution in [0.5, 0.6) is 5.75 Å². The Hall–Kier alpha value is -2.29. The zero-order valence-electron chi connectivity index (χ0n) is 12.1. The molecule has 3 heteroatoms. The van der Waals surface area contributed by atoms with Gasteiger partial charge in [0.25, 0.3) is 0 Å². The first kappa shape index (κ1) is 13.7. The van der Waals surface area contributed by atoms with Crippen molar-refractivity contribution in [3.05, 3.63) is 65.7 Å². The lowest BCUT2D eigenvalue weighted by Crippen LogP contribution is -2.39. The van der Waals surface area contributed by atoms with Crippen LogP contribution in [-0.2, 0) is 4.79 Å². The number of hydrogen-bond donors (Lipinski definition) is 1. The smallest absolute Gasteiger partial charge is 0.228 e. The van der Waals surface area contributed by atoms with Crippen LogP contribution in [0.1, 0.15) is 29.4 Å². The second kappa shape index (κ2) is 6.00. The number of amides is 1. The Morgan fingerprint density at radius 3 is 2.38 bits per heavy atom. The lowest BCUT2D eigenvalue weighted by Gasteiger charge is -2.32. The summed E-state index contributed by atoms with van der Waals surface area (Å²) in [4.78, 5) is 12.4. The number of benzene rings is 2. The van der Waals surface area contributed by atoms with Crippen molar-refractivity contribution in [1.29, 1.82) is 0 Å². The van der Waals surface area contributed by atoms with Gasteiger partial charge in [0.15, 0.2) is 0 Å². The quantitative estimate of drug-likeness (QED) is 0.939. The average Bonchev–Trinajstić information content (AvgIpc) is 2.55. The van der Waals surface area contributed by atoms with E-state index < -0.39 is 0 Å². The minimum absolute atomic E-state index is 0.117. The van der Waals surface area contributed by atoms with Crippen molar-refractivity contribution in [1.82, 2.24) is 5.32 Å². The molecule has 0 spiro atoms. The van der Waals surface area contributed by atoms with E-state index in [1.807, 2.05) is 42.5 Å². The molecule has 0 radical (unpaired) electrons. The number of methoxy groups -OCH3 is 1. The topological polar surface area (TPSA) is 38.3 Å². The highest BCUT2D eigenvalue weighted by Crippen LogP contribution is 2.38. The molecule has 2 atom stereocenters. The molecule has 1 heterocycles. The summed E-state index contributed by atoms with van der Waals surface area (Å²) < 4.78 is 5.21. The van der Waals surface area contributed by atoms with Crippen LogP contribution < -0.4 is 10.1 Å². The molecule has 0 saturated carbocycles. The van der Waals surface area contributed by atoms with Gasteiger partial charge in [0.2, 0.25) is 5.91 Å². The van der Waals surface area contributed by atoms with Crippen molar-refractivity contribution >= 4 is 5.91 Å². The van der Waals surface area contributed by atoms with Crippen molar-refractivity contribution in [2.24, 2.45) is 0 Å². The highest BCUT2D eigenvalue weighted by Gasteiger charge is 2.33. The summed E-state index contributed by atoms with van der Waals surface area (Å²) in [5.74, 6) is 1.06. The first-order valence-corrected chi connectivity index (χ1v) is 7.26. The molecule has 3 rings (SSSR count). The van der Waals surface area contributed by atoms with Crippen LogP contribution in [0.15, 0.2) is 54.6 Å². The minimum Gasteiger partial charge on any atom is -0.497 e. The molecule has 2 aromatic rings. The van der Waals surface area contributed by atoms with Gasteiger partial charge < -0.3 is 10.1 Å². The van der Waals surface area contributed by atoms with E-state index in [4.69, 9.17) is 4.74 Å². The van der Waals surface area contributed by atoms with Crippen molar-refractivity contribution in [2.45, 2.75) is 18.3 Å². The predicted octanol–water partition coefficient (Wildman–Crippen LogP) is 3.08. The van der Waals surface area contributed by atoms with Gasteiger partial charge in [0.1, 0.15) is 5.75 Å². The van der Waals surface area contributed by atoms with E-state index in [-0.39, 0.29) is 17.7 Å². The highest BCUT2D eigenvalue weighted by atomic mass is 16.5. The molecule has 0 bridgehead atoms. The summed E-state index contributed by atoms with van der Waals surface area (Å²) in [6.07, 6.45) is 0.956. The minimum atomic E-state index is -0.117. The molecule has 108 valence electrons. The zero-order chi connectivity index (χ0) is 14.7. The van der Waals surface area contributed by atoms with E-state index in [0.29, 0.717) is 0 Å². The molecule has 21 heavy (non-hydrogen) atoms. The van der Waals surface area contributed by atoms with Gasteiger partial charge in [-0.2, -0.15) is 0 Å². The summed E-state index contributed by atoms with van der Waals surface area (Å²) >= 11 is 0. The second-order valence-corrected chi connectivity index (χ2v) is 5.35. The van der Waals surface area contributed by atoms with E-state index in [1.165, 1.54) is 5.56 Å². The van der Waals surface area contributed by atoms with Gasteiger partial charge in [-0.1, -0.05) is 42.5 Å². The third-order valence-corrected chi connectivity index (χ3v) is 4.14. The number of nitrogens with one attached hydrogen (secondary N) is 1. The second-order valence-electron chi connectivity index (χ2n) is 5.35. The van der Waals surface area contributed by atoms with E-state index in [1.54, 1.807) is 7.11 Å². The molecular formula is C18H19NO2. The molecule has 3 nitrogen and oxygen atoms in total. The van der Waals surface area contributed by atoms with E-state index in [2.05, 4.69) is 17.4 Å². The zero-order valence-corrected chi connectivity index (χ0v) is 12.1. The van der Waals surface area contributed by atoms with Gasteiger partial charge in [-0.05, 0) is 29.7 Å². The van der Waals surface area contributed by atoms with Crippen LogP contribution >= 0.6 is 0 Å². The third kappa shape index (κ3) is 2.77. The number of hydrogen-bond acceptors (Lipinski definition) is 2. The molecule has 1 aliphatic rings. The van der Waals surface area contributed by atoms with Gasteiger partial charge in [0, 0.05) is 12.5 Å². The Morgan fingerprint density at radius 1 is 1.00 bits per heavy atom. The number of carbonyl (C=O) groups is 1. The van der Waals surface area contributed by atoms with Crippen LogP contribution in [0.3, 0.4) is 0 Å². The third-order valence-electron chi connectivity index (χ3n) is 4.14. The SMILES string of the molecule is COc1ccc([C@H]2CCNC(=O)[C@@H]2c2ccccc2)cc1. The molecule has 1 amide bonds. The Kier molecular flexibility index (Phi) is 3.91. The monoisotopic (exact) mass is 281 g/mol. The Balaban J connectivity index is 1.95. The lowest BCUT2D eigenvalue weighted by atomic mass is 9.77. The Bertz CT molecular complexity index is 607. The van der Waals surface area contributed by atoms with Crippen LogP contribution in [0.2, 0.25) is 0 Å². The maximum atomic E-state index is 12.4. The van der Waals surface area contributed by atoms with E-state index in [9.17, 15) is 4.79 Å². The summed E-state index contributed by atoms with van der Waals surface area (Å²) in [5, 5.41) is 2.99. The van der Waals surface area contributed by atoms with Crippen LogP contribution in [0.25, 0.3) is 0 Å². The maximum Gasteiger partial charge on any atom is 0.228 e.